The molecule has 0 radical (unpaired) electrons. The molecule has 0 heterocycles. The van der Waals surface area contributed by atoms with Crippen LogP contribution in [0.2, 0.25) is 0 Å². The van der Waals surface area contributed by atoms with Crippen LogP contribution in [0.15, 0.2) is 0 Å². The predicted octanol–water partition coefficient (Wildman–Crippen LogP) is 8.39. The lowest BCUT2D eigenvalue weighted by molar-refractivity contribution is -0.161. The van der Waals surface area contributed by atoms with Crippen LogP contribution in [0.5, 0.6) is 0 Å². The number of unbranched alkanes of at least 4 members (excludes halogenated alkanes) is 20. The molecule has 0 saturated heterocycles. The largest absolute Gasteiger partial charge is 0.480 e. The third-order valence-corrected chi connectivity index (χ3v) is 8.81. The first-order valence-corrected chi connectivity index (χ1v) is 19.6. The minimum Gasteiger partial charge on any atom is -0.480 e. The number of rotatable bonds is 34. The molecule has 272 valence electrons. The molecule has 0 aliphatic heterocycles. The average Bonchev–Trinajstić information content (AvgIpc) is 3.02. The number of esters is 2. The number of phosphoric acid groups is 1. The molecule has 0 aromatic carbocycles. The first-order valence-electron chi connectivity index (χ1n) is 18.1. The summed E-state index contributed by atoms with van der Waals surface area (Å²) in [5.74, 6) is -2.41. The first kappa shape index (κ1) is 44.5. The van der Waals surface area contributed by atoms with Crippen molar-refractivity contribution in [3.8, 4) is 0 Å². The predicted molar refractivity (Wildman–Crippen MR) is 180 cm³/mol. The summed E-state index contributed by atoms with van der Waals surface area (Å²) in [4.78, 5) is 44.9. The van der Waals surface area contributed by atoms with E-state index in [0.717, 1.165) is 25.7 Å². The Morgan fingerprint density at radius 1 is 0.587 bits per heavy atom. The van der Waals surface area contributed by atoms with Gasteiger partial charge in [0.15, 0.2) is 6.10 Å². The molecule has 46 heavy (non-hydrogen) atoms. The van der Waals surface area contributed by atoms with Gasteiger partial charge >= 0.3 is 25.7 Å². The van der Waals surface area contributed by atoms with Crippen molar-refractivity contribution in [1.29, 1.82) is 0 Å². The van der Waals surface area contributed by atoms with Crippen molar-refractivity contribution in [3.63, 3.8) is 0 Å². The molecule has 0 bridgehead atoms. The van der Waals surface area contributed by atoms with Crippen molar-refractivity contribution in [1.82, 2.24) is 0 Å². The molecule has 0 aromatic rings. The quantitative estimate of drug-likeness (QED) is 0.0339. The molecule has 0 aliphatic rings. The highest BCUT2D eigenvalue weighted by molar-refractivity contribution is 7.47. The monoisotopic (exact) mass is 679 g/mol. The summed E-state index contributed by atoms with van der Waals surface area (Å²) in [6, 6.07) is -1.51. The topological polar surface area (TPSA) is 172 Å². The van der Waals surface area contributed by atoms with E-state index < -0.39 is 51.1 Å². The van der Waals surface area contributed by atoms with Gasteiger partial charge in [-0.05, 0) is 12.8 Å². The van der Waals surface area contributed by atoms with Gasteiger partial charge in [-0.25, -0.2) is 4.57 Å². The van der Waals surface area contributed by atoms with E-state index in [9.17, 15) is 23.8 Å². The first-order chi connectivity index (χ1) is 22.1. The van der Waals surface area contributed by atoms with Crippen LogP contribution < -0.4 is 5.73 Å². The zero-order valence-electron chi connectivity index (χ0n) is 28.9. The summed E-state index contributed by atoms with van der Waals surface area (Å²) in [6.07, 6.45) is 26.0. The Hall–Kier alpha value is -1.52. The van der Waals surface area contributed by atoms with E-state index in [1.807, 2.05) is 6.92 Å². The normalized spacial score (nSPS) is 14.0. The summed E-state index contributed by atoms with van der Waals surface area (Å²) in [5.41, 5.74) is 5.27. The van der Waals surface area contributed by atoms with E-state index in [1.54, 1.807) is 0 Å². The Labute approximate surface area is 278 Å². The van der Waals surface area contributed by atoms with Gasteiger partial charge in [-0.1, -0.05) is 142 Å². The average molecular weight is 680 g/mol. The lowest BCUT2D eigenvalue weighted by Gasteiger charge is -2.20. The Morgan fingerprint density at radius 2 is 0.978 bits per heavy atom. The van der Waals surface area contributed by atoms with Crippen molar-refractivity contribution in [3.05, 3.63) is 0 Å². The maximum Gasteiger partial charge on any atom is 0.472 e. The molecule has 0 rings (SSSR count). The lowest BCUT2D eigenvalue weighted by atomic mass is 10.0. The maximum atomic E-state index is 12.4. The summed E-state index contributed by atoms with van der Waals surface area (Å²) in [5, 5.41) is 8.79. The molecule has 3 unspecified atom stereocenters. The van der Waals surface area contributed by atoms with E-state index in [4.69, 9.17) is 24.8 Å². The van der Waals surface area contributed by atoms with Crippen molar-refractivity contribution in [2.24, 2.45) is 5.73 Å². The number of carboxylic acid groups (broad SMARTS) is 1. The molecule has 0 fully saturated rings. The number of hydrogen-bond acceptors (Lipinski definition) is 9. The number of carbonyl (C=O) groups is 3. The molecule has 11 nitrogen and oxygen atoms in total. The third kappa shape index (κ3) is 29.9. The minimum atomic E-state index is -4.68. The molecule has 12 heteroatoms. The lowest BCUT2D eigenvalue weighted by Crippen LogP contribution is -2.34. The summed E-state index contributed by atoms with van der Waals surface area (Å²) >= 11 is 0. The van der Waals surface area contributed by atoms with Crippen LogP contribution in [0.1, 0.15) is 168 Å². The van der Waals surface area contributed by atoms with Crippen LogP contribution >= 0.6 is 7.82 Å². The Morgan fingerprint density at radius 3 is 1.41 bits per heavy atom. The molecule has 0 saturated carbocycles. The third-order valence-electron chi connectivity index (χ3n) is 7.86. The molecule has 0 amide bonds. The summed E-state index contributed by atoms with van der Waals surface area (Å²) in [7, 11) is -4.68. The number of aliphatic carboxylic acids is 1. The summed E-state index contributed by atoms with van der Waals surface area (Å²) < 4.78 is 32.0. The Bertz CT molecular complexity index is 813. The standard InChI is InChI=1S/C34H66NO10P/c1-3-5-7-8-9-10-11-12-13-14-15-16-17-18-19-20-21-22-23-24-26-33(37)45-30(27-42-32(36)25-6-4-2)28-43-46(40,41)44-29-31(35)34(38)39/h30-31H,3-29,35H2,1-2H3,(H,38,39)(H,40,41). The fourth-order valence-electron chi connectivity index (χ4n) is 4.93. The van der Waals surface area contributed by atoms with Gasteiger partial charge in [-0.2, -0.15) is 0 Å². The van der Waals surface area contributed by atoms with E-state index in [2.05, 4.69) is 11.4 Å². The summed E-state index contributed by atoms with van der Waals surface area (Å²) in [6.45, 7) is 2.52. The second-order valence-electron chi connectivity index (χ2n) is 12.4. The second kappa shape index (κ2) is 30.8. The Kier molecular flexibility index (Phi) is 29.8. The maximum absolute atomic E-state index is 12.4. The molecular weight excluding hydrogens is 613 g/mol. The van der Waals surface area contributed by atoms with Crippen LogP contribution in [0.4, 0.5) is 0 Å². The molecule has 3 atom stereocenters. The van der Waals surface area contributed by atoms with E-state index in [-0.39, 0.29) is 19.4 Å². The van der Waals surface area contributed by atoms with Gasteiger partial charge in [0.05, 0.1) is 13.2 Å². The van der Waals surface area contributed by atoms with Gasteiger partial charge in [0, 0.05) is 12.8 Å². The highest BCUT2D eigenvalue weighted by Crippen LogP contribution is 2.43. The van der Waals surface area contributed by atoms with Gasteiger partial charge in [-0.3, -0.25) is 23.4 Å². The SMILES string of the molecule is CCCCCCCCCCCCCCCCCCCCCCC(=O)OC(COC(=O)CCCC)COP(=O)(O)OCC(N)C(=O)O. The molecule has 0 aromatic heterocycles. The number of ether oxygens (including phenoxy) is 2. The zero-order chi connectivity index (χ0) is 34.3. The molecule has 4 N–H and O–H groups in total. The Balaban J connectivity index is 4.03. The van der Waals surface area contributed by atoms with Gasteiger partial charge in [0.2, 0.25) is 0 Å². The van der Waals surface area contributed by atoms with Crippen molar-refractivity contribution in [2.75, 3.05) is 19.8 Å². The highest BCUT2D eigenvalue weighted by Gasteiger charge is 2.28. The van der Waals surface area contributed by atoms with Crippen LogP contribution in [0.3, 0.4) is 0 Å². The number of hydrogen-bond donors (Lipinski definition) is 3. The van der Waals surface area contributed by atoms with Gasteiger partial charge in [0.25, 0.3) is 0 Å². The minimum absolute atomic E-state index is 0.167. The van der Waals surface area contributed by atoms with Crippen LogP contribution in [-0.2, 0) is 37.5 Å². The van der Waals surface area contributed by atoms with Crippen LogP contribution in [-0.4, -0.2) is 59.9 Å². The molecule has 0 spiro atoms. The van der Waals surface area contributed by atoms with Crippen LogP contribution in [0.25, 0.3) is 0 Å². The van der Waals surface area contributed by atoms with Gasteiger partial charge in [0.1, 0.15) is 12.6 Å². The number of nitrogens with two attached hydrogens (primary N) is 1. The molecular formula is C34H66NO10P. The van der Waals surface area contributed by atoms with E-state index in [1.165, 1.54) is 103 Å². The number of carboxylic acids is 1. The van der Waals surface area contributed by atoms with Crippen LogP contribution in [0, 0.1) is 0 Å². The molecule has 0 aliphatic carbocycles. The van der Waals surface area contributed by atoms with E-state index >= 15 is 0 Å². The van der Waals surface area contributed by atoms with Gasteiger partial charge in [-0.15, -0.1) is 0 Å². The van der Waals surface area contributed by atoms with Crippen molar-refractivity contribution < 1.29 is 47.5 Å². The fourth-order valence-corrected chi connectivity index (χ4v) is 5.70. The number of phosphoric ester groups is 1. The fraction of sp³-hybridized carbons (Fsp3) is 0.912. The van der Waals surface area contributed by atoms with Gasteiger partial charge < -0.3 is 25.2 Å². The van der Waals surface area contributed by atoms with Crippen molar-refractivity contribution in [2.45, 2.75) is 180 Å². The smallest absolute Gasteiger partial charge is 0.472 e. The zero-order valence-corrected chi connectivity index (χ0v) is 29.8. The highest BCUT2D eigenvalue weighted by atomic mass is 31.2. The van der Waals surface area contributed by atoms with E-state index in [0.29, 0.717) is 12.8 Å². The second-order valence-corrected chi connectivity index (χ2v) is 13.8. The number of carbonyl (C=O) groups excluding carboxylic acids is 2. The van der Waals surface area contributed by atoms with Crippen molar-refractivity contribution >= 4 is 25.7 Å².